The van der Waals surface area contributed by atoms with E-state index < -0.39 is 0 Å². The molecule has 0 amide bonds. The predicted molar refractivity (Wildman–Crippen MR) is 81.7 cm³/mol. The standard InChI is InChI=1S/C13H17N5O2S/c1-4-8-14-10-6-5-7-11(12(10)18(19)20)21-13-16-15-9(2)17(13)3/h5-7,14H,4,8H2,1-3H3. The number of nitro groups is 1. The minimum Gasteiger partial charge on any atom is -0.379 e. The number of benzene rings is 1. The van der Waals surface area contributed by atoms with E-state index in [1.807, 2.05) is 20.9 Å². The quantitative estimate of drug-likeness (QED) is 0.652. The van der Waals surface area contributed by atoms with Crippen molar-refractivity contribution in [2.24, 2.45) is 7.05 Å². The fourth-order valence-electron chi connectivity index (χ4n) is 1.77. The number of rotatable bonds is 6. The van der Waals surface area contributed by atoms with Crippen molar-refractivity contribution in [3.8, 4) is 0 Å². The number of para-hydroxylation sites is 1. The second kappa shape index (κ2) is 6.57. The number of anilines is 1. The molecule has 2 aromatic rings. The van der Waals surface area contributed by atoms with Gasteiger partial charge in [-0.1, -0.05) is 13.0 Å². The molecule has 2 rings (SSSR count). The molecule has 1 heterocycles. The largest absolute Gasteiger partial charge is 0.379 e. The van der Waals surface area contributed by atoms with Gasteiger partial charge in [-0.2, -0.15) is 0 Å². The molecule has 0 aliphatic carbocycles. The highest BCUT2D eigenvalue weighted by Crippen LogP contribution is 2.38. The van der Waals surface area contributed by atoms with Crippen molar-refractivity contribution < 1.29 is 4.92 Å². The third-order valence-corrected chi connectivity index (χ3v) is 4.09. The second-order valence-electron chi connectivity index (χ2n) is 4.53. The predicted octanol–water partition coefficient (Wildman–Crippen LogP) is 3.00. The maximum Gasteiger partial charge on any atom is 0.306 e. The Hall–Kier alpha value is -2.09. The molecule has 1 aromatic heterocycles. The molecular weight excluding hydrogens is 290 g/mol. The van der Waals surface area contributed by atoms with E-state index in [4.69, 9.17) is 0 Å². The Kier molecular flexibility index (Phi) is 4.79. The van der Waals surface area contributed by atoms with E-state index in [0.717, 1.165) is 12.2 Å². The van der Waals surface area contributed by atoms with Gasteiger partial charge < -0.3 is 9.88 Å². The highest BCUT2D eigenvalue weighted by atomic mass is 32.2. The van der Waals surface area contributed by atoms with E-state index in [-0.39, 0.29) is 10.6 Å². The van der Waals surface area contributed by atoms with Crippen molar-refractivity contribution >= 4 is 23.1 Å². The summed E-state index contributed by atoms with van der Waals surface area (Å²) >= 11 is 1.25. The fraction of sp³-hybridized carbons (Fsp3) is 0.385. The maximum atomic E-state index is 11.4. The summed E-state index contributed by atoms with van der Waals surface area (Å²) in [6.45, 7) is 4.54. The van der Waals surface area contributed by atoms with Crippen LogP contribution in [0.5, 0.6) is 0 Å². The SMILES string of the molecule is CCCNc1cccc(Sc2nnc(C)n2C)c1[N+](=O)[O-]. The summed E-state index contributed by atoms with van der Waals surface area (Å²) < 4.78 is 1.81. The molecule has 0 spiro atoms. The molecule has 8 heteroatoms. The van der Waals surface area contributed by atoms with Gasteiger partial charge in [-0.05, 0) is 37.2 Å². The van der Waals surface area contributed by atoms with Crippen LogP contribution in [0.1, 0.15) is 19.2 Å². The molecule has 21 heavy (non-hydrogen) atoms. The molecule has 0 aliphatic heterocycles. The molecule has 0 saturated heterocycles. The molecule has 0 radical (unpaired) electrons. The monoisotopic (exact) mass is 307 g/mol. The summed E-state index contributed by atoms with van der Waals surface area (Å²) in [5.74, 6) is 0.764. The molecule has 1 N–H and O–H groups in total. The van der Waals surface area contributed by atoms with Crippen molar-refractivity contribution in [1.82, 2.24) is 14.8 Å². The van der Waals surface area contributed by atoms with Crippen molar-refractivity contribution in [1.29, 1.82) is 0 Å². The number of aryl methyl sites for hydroxylation is 1. The first-order chi connectivity index (χ1) is 10.0. The van der Waals surface area contributed by atoms with Crippen LogP contribution in [-0.4, -0.2) is 26.2 Å². The number of nitrogens with zero attached hydrogens (tertiary/aromatic N) is 4. The number of nitro benzene ring substituents is 1. The van der Waals surface area contributed by atoms with Gasteiger partial charge in [-0.25, -0.2) is 0 Å². The Bertz CT molecular complexity index is 656. The van der Waals surface area contributed by atoms with E-state index >= 15 is 0 Å². The molecular formula is C13H17N5O2S. The van der Waals surface area contributed by atoms with E-state index in [0.29, 0.717) is 22.3 Å². The summed E-state index contributed by atoms with van der Waals surface area (Å²) in [4.78, 5) is 11.6. The van der Waals surface area contributed by atoms with Crippen LogP contribution in [0.4, 0.5) is 11.4 Å². The first-order valence-corrected chi connectivity index (χ1v) is 7.41. The Morgan fingerprint density at radius 3 is 2.76 bits per heavy atom. The minimum absolute atomic E-state index is 0.0802. The second-order valence-corrected chi connectivity index (χ2v) is 5.54. The Morgan fingerprint density at radius 2 is 2.19 bits per heavy atom. The van der Waals surface area contributed by atoms with E-state index in [9.17, 15) is 10.1 Å². The van der Waals surface area contributed by atoms with Crippen molar-refractivity contribution in [3.63, 3.8) is 0 Å². The van der Waals surface area contributed by atoms with Crippen LogP contribution >= 0.6 is 11.8 Å². The third-order valence-electron chi connectivity index (χ3n) is 3.00. The third kappa shape index (κ3) is 3.33. The summed E-state index contributed by atoms with van der Waals surface area (Å²) in [5, 5.41) is 23.1. The smallest absolute Gasteiger partial charge is 0.306 e. The summed E-state index contributed by atoms with van der Waals surface area (Å²) in [7, 11) is 1.84. The average Bonchev–Trinajstić information content (AvgIpc) is 2.77. The van der Waals surface area contributed by atoms with E-state index in [2.05, 4.69) is 15.5 Å². The number of aromatic nitrogens is 3. The first kappa shape index (κ1) is 15.3. The van der Waals surface area contributed by atoms with Crippen molar-refractivity contribution in [2.45, 2.75) is 30.3 Å². The zero-order valence-electron chi connectivity index (χ0n) is 12.2. The van der Waals surface area contributed by atoms with Crippen molar-refractivity contribution in [2.75, 3.05) is 11.9 Å². The van der Waals surface area contributed by atoms with E-state index in [1.165, 1.54) is 11.8 Å². The Morgan fingerprint density at radius 1 is 1.43 bits per heavy atom. The van der Waals surface area contributed by atoms with E-state index in [1.54, 1.807) is 22.8 Å². The van der Waals surface area contributed by atoms with Crippen LogP contribution in [0.2, 0.25) is 0 Å². The number of hydrogen-bond acceptors (Lipinski definition) is 6. The van der Waals surface area contributed by atoms with Gasteiger partial charge in [0.2, 0.25) is 0 Å². The van der Waals surface area contributed by atoms with Gasteiger partial charge >= 0.3 is 5.69 Å². The van der Waals surface area contributed by atoms with Crippen LogP contribution in [0.25, 0.3) is 0 Å². The van der Waals surface area contributed by atoms with Gasteiger partial charge in [0.1, 0.15) is 11.5 Å². The molecule has 7 nitrogen and oxygen atoms in total. The van der Waals surface area contributed by atoms with Gasteiger partial charge in [-0.3, -0.25) is 10.1 Å². The molecule has 0 unspecified atom stereocenters. The molecule has 0 aliphatic rings. The van der Waals surface area contributed by atoms with Crippen LogP contribution in [-0.2, 0) is 7.05 Å². The fourth-order valence-corrected chi connectivity index (χ4v) is 2.75. The molecule has 0 bridgehead atoms. The van der Waals surface area contributed by atoms with Gasteiger partial charge in [-0.15, -0.1) is 10.2 Å². The minimum atomic E-state index is -0.358. The summed E-state index contributed by atoms with van der Waals surface area (Å²) in [5.41, 5.74) is 0.613. The molecule has 0 atom stereocenters. The first-order valence-electron chi connectivity index (χ1n) is 6.59. The van der Waals surface area contributed by atoms with Crippen LogP contribution in [0.15, 0.2) is 28.3 Å². The summed E-state index contributed by atoms with van der Waals surface area (Å²) in [6, 6.07) is 5.25. The highest BCUT2D eigenvalue weighted by molar-refractivity contribution is 7.99. The maximum absolute atomic E-state index is 11.4. The normalized spacial score (nSPS) is 10.6. The highest BCUT2D eigenvalue weighted by Gasteiger charge is 2.21. The van der Waals surface area contributed by atoms with Gasteiger partial charge in [0.05, 0.1) is 9.82 Å². The van der Waals surface area contributed by atoms with Crippen LogP contribution in [0.3, 0.4) is 0 Å². The van der Waals surface area contributed by atoms with Crippen molar-refractivity contribution in [3.05, 3.63) is 34.1 Å². The molecule has 1 aromatic carbocycles. The summed E-state index contributed by atoms with van der Waals surface area (Å²) in [6.07, 6.45) is 0.900. The Labute approximate surface area is 126 Å². The number of nitrogens with one attached hydrogen (secondary N) is 1. The lowest BCUT2D eigenvalue weighted by Gasteiger charge is -2.09. The zero-order chi connectivity index (χ0) is 15.4. The van der Waals surface area contributed by atoms with Gasteiger partial charge in [0.25, 0.3) is 0 Å². The van der Waals surface area contributed by atoms with Crippen LogP contribution in [0, 0.1) is 17.0 Å². The molecule has 112 valence electrons. The zero-order valence-corrected chi connectivity index (χ0v) is 13.0. The topological polar surface area (TPSA) is 85.9 Å². The molecule has 0 fully saturated rings. The lowest BCUT2D eigenvalue weighted by atomic mass is 10.2. The molecule has 0 saturated carbocycles. The Balaban J connectivity index is 2.38. The average molecular weight is 307 g/mol. The number of hydrogen-bond donors (Lipinski definition) is 1. The van der Waals surface area contributed by atoms with Crippen LogP contribution < -0.4 is 5.32 Å². The lowest BCUT2D eigenvalue weighted by Crippen LogP contribution is -2.04. The lowest BCUT2D eigenvalue weighted by molar-refractivity contribution is -0.386. The van der Waals surface area contributed by atoms with Gasteiger partial charge in [0.15, 0.2) is 5.16 Å². The van der Waals surface area contributed by atoms with Gasteiger partial charge in [0, 0.05) is 13.6 Å².